The molecule has 0 aliphatic heterocycles. The van der Waals surface area contributed by atoms with Crippen molar-refractivity contribution in [1.82, 2.24) is 10.2 Å². The molecule has 3 rings (SSSR count). The molecule has 0 saturated heterocycles. The number of thiophene rings is 1. The van der Waals surface area contributed by atoms with Crippen LogP contribution in [-0.2, 0) is 11.3 Å². The quantitative estimate of drug-likeness (QED) is 0.730. The third-order valence-electron chi connectivity index (χ3n) is 3.15. The van der Waals surface area contributed by atoms with Gasteiger partial charge in [0.25, 0.3) is 5.91 Å². The van der Waals surface area contributed by atoms with Gasteiger partial charge in [0.2, 0.25) is 0 Å². The van der Waals surface area contributed by atoms with Crippen LogP contribution in [0.5, 0.6) is 0 Å². The lowest BCUT2D eigenvalue weighted by Gasteiger charge is -2.18. The van der Waals surface area contributed by atoms with Crippen LogP contribution in [0.15, 0.2) is 66.2 Å². The minimum atomic E-state index is -0.0819. The number of rotatable bonds is 5. The van der Waals surface area contributed by atoms with E-state index in [1.807, 2.05) is 53.9 Å². The fraction of sp³-hybridized carbons (Fsp3) is 0.0588. The molecule has 4 nitrogen and oxygen atoms in total. The van der Waals surface area contributed by atoms with Crippen molar-refractivity contribution in [2.75, 3.05) is 4.90 Å². The summed E-state index contributed by atoms with van der Waals surface area (Å²) in [7, 11) is 0. The molecule has 0 fully saturated rings. The van der Waals surface area contributed by atoms with Crippen LogP contribution >= 0.6 is 11.3 Å². The molecule has 0 bridgehead atoms. The molecule has 0 atom stereocenters. The minimum absolute atomic E-state index is 0.0819. The average Bonchev–Trinajstić information content (AvgIpc) is 3.24. The van der Waals surface area contributed by atoms with Crippen molar-refractivity contribution in [3.63, 3.8) is 0 Å². The van der Waals surface area contributed by atoms with E-state index in [4.69, 9.17) is 0 Å². The van der Waals surface area contributed by atoms with Gasteiger partial charge in [-0.05, 0) is 23.1 Å². The Morgan fingerprint density at radius 2 is 2.05 bits per heavy atom. The summed E-state index contributed by atoms with van der Waals surface area (Å²) in [5, 5.41) is 8.79. The van der Waals surface area contributed by atoms with Gasteiger partial charge in [0, 0.05) is 17.0 Å². The number of nitrogens with one attached hydrogen (secondary N) is 1. The van der Waals surface area contributed by atoms with Crippen LogP contribution in [0, 0.1) is 0 Å². The van der Waals surface area contributed by atoms with Gasteiger partial charge < -0.3 is 0 Å². The van der Waals surface area contributed by atoms with Gasteiger partial charge in [-0.3, -0.25) is 14.8 Å². The van der Waals surface area contributed by atoms with Gasteiger partial charge in [-0.15, -0.1) is 11.3 Å². The van der Waals surface area contributed by atoms with E-state index in [2.05, 4.69) is 10.2 Å². The molecular weight excluding hydrogens is 294 g/mol. The summed E-state index contributed by atoms with van der Waals surface area (Å²) < 4.78 is 0. The van der Waals surface area contributed by atoms with E-state index in [0.29, 0.717) is 12.4 Å². The van der Waals surface area contributed by atoms with E-state index in [-0.39, 0.29) is 5.91 Å². The second kappa shape index (κ2) is 6.87. The molecule has 0 aliphatic rings. The number of carbonyl (C=O) groups excluding carboxylic acids is 1. The van der Waals surface area contributed by atoms with Crippen LogP contribution in [0.1, 0.15) is 10.4 Å². The number of nitrogens with zero attached hydrogens (tertiary/aromatic N) is 2. The highest BCUT2D eigenvalue weighted by atomic mass is 32.1. The number of aromatic nitrogens is 2. The van der Waals surface area contributed by atoms with Crippen LogP contribution in [-0.4, -0.2) is 16.1 Å². The molecule has 110 valence electrons. The zero-order valence-corrected chi connectivity index (χ0v) is 12.7. The molecular formula is C17H15N3OS. The first-order valence-electron chi connectivity index (χ1n) is 6.89. The summed E-state index contributed by atoms with van der Waals surface area (Å²) in [4.78, 5) is 15.3. The lowest BCUT2D eigenvalue weighted by atomic mass is 10.2. The third kappa shape index (κ3) is 3.51. The van der Waals surface area contributed by atoms with Crippen molar-refractivity contribution in [3.8, 4) is 0 Å². The molecule has 0 saturated carbocycles. The highest BCUT2D eigenvalue weighted by molar-refractivity contribution is 7.09. The summed E-state index contributed by atoms with van der Waals surface area (Å²) in [6.45, 7) is 0.526. The van der Waals surface area contributed by atoms with Gasteiger partial charge in [0.1, 0.15) is 5.82 Å². The van der Waals surface area contributed by atoms with Crippen LogP contribution in [0.25, 0.3) is 6.08 Å². The summed E-state index contributed by atoms with van der Waals surface area (Å²) in [5.41, 5.74) is 0.997. The van der Waals surface area contributed by atoms with Crippen LogP contribution < -0.4 is 4.90 Å². The van der Waals surface area contributed by atoms with Crippen molar-refractivity contribution in [1.29, 1.82) is 0 Å². The number of hydrogen-bond acceptors (Lipinski definition) is 3. The van der Waals surface area contributed by atoms with Crippen LogP contribution in [0.2, 0.25) is 0 Å². The second-order valence-corrected chi connectivity index (χ2v) is 5.72. The molecule has 1 N–H and O–H groups in total. The van der Waals surface area contributed by atoms with Gasteiger partial charge >= 0.3 is 0 Å². The van der Waals surface area contributed by atoms with Crippen molar-refractivity contribution >= 4 is 29.1 Å². The van der Waals surface area contributed by atoms with Crippen molar-refractivity contribution in [2.24, 2.45) is 0 Å². The Hall–Kier alpha value is -2.66. The zero-order chi connectivity index (χ0) is 15.2. The summed E-state index contributed by atoms with van der Waals surface area (Å²) >= 11 is 1.63. The molecule has 0 spiro atoms. The number of anilines is 1. The highest BCUT2D eigenvalue weighted by Crippen LogP contribution is 2.18. The van der Waals surface area contributed by atoms with Crippen molar-refractivity contribution < 1.29 is 4.79 Å². The SMILES string of the molecule is O=C(/C=C/c1ccccc1)N(Cc1cccs1)c1ccn[nH]1. The Morgan fingerprint density at radius 3 is 2.73 bits per heavy atom. The Morgan fingerprint density at radius 1 is 1.18 bits per heavy atom. The second-order valence-electron chi connectivity index (χ2n) is 4.69. The molecule has 5 heteroatoms. The Balaban J connectivity index is 1.79. The number of aromatic amines is 1. The maximum atomic E-state index is 12.5. The maximum Gasteiger partial charge on any atom is 0.252 e. The molecule has 0 unspecified atom stereocenters. The summed E-state index contributed by atoms with van der Waals surface area (Å²) in [5.74, 6) is 0.609. The van der Waals surface area contributed by atoms with Crippen LogP contribution in [0.3, 0.4) is 0 Å². The third-order valence-corrected chi connectivity index (χ3v) is 4.02. The summed E-state index contributed by atoms with van der Waals surface area (Å²) in [6.07, 6.45) is 5.05. The minimum Gasteiger partial charge on any atom is -0.288 e. The molecule has 2 aromatic heterocycles. The molecule has 1 amide bonds. The summed E-state index contributed by atoms with van der Waals surface area (Å²) in [6, 6.07) is 15.6. The maximum absolute atomic E-state index is 12.5. The number of carbonyl (C=O) groups is 1. The normalized spacial score (nSPS) is 10.9. The highest BCUT2D eigenvalue weighted by Gasteiger charge is 2.15. The van der Waals surface area contributed by atoms with E-state index >= 15 is 0 Å². The number of amides is 1. The smallest absolute Gasteiger partial charge is 0.252 e. The van der Waals surface area contributed by atoms with E-state index in [0.717, 1.165) is 10.4 Å². The van der Waals surface area contributed by atoms with E-state index in [1.165, 1.54) is 0 Å². The van der Waals surface area contributed by atoms with Crippen molar-refractivity contribution in [3.05, 3.63) is 76.6 Å². The first-order valence-corrected chi connectivity index (χ1v) is 7.77. The monoisotopic (exact) mass is 309 g/mol. The van der Waals surface area contributed by atoms with E-state index in [9.17, 15) is 4.79 Å². The molecule has 3 aromatic rings. The Bertz CT molecular complexity index is 734. The van der Waals surface area contributed by atoms with Gasteiger partial charge in [0.05, 0.1) is 12.7 Å². The lowest BCUT2D eigenvalue weighted by Crippen LogP contribution is -2.28. The largest absolute Gasteiger partial charge is 0.288 e. The Labute approximate surface area is 132 Å². The lowest BCUT2D eigenvalue weighted by molar-refractivity contribution is -0.114. The number of H-pyrrole nitrogens is 1. The van der Waals surface area contributed by atoms with Crippen molar-refractivity contribution in [2.45, 2.75) is 6.54 Å². The molecule has 2 heterocycles. The average molecular weight is 309 g/mol. The first kappa shape index (κ1) is 14.3. The predicted octanol–water partition coefficient (Wildman–Crippen LogP) is 3.72. The van der Waals surface area contributed by atoms with Gasteiger partial charge in [-0.2, -0.15) is 5.10 Å². The van der Waals surface area contributed by atoms with Gasteiger partial charge in [0.15, 0.2) is 0 Å². The Kier molecular flexibility index (Phi) is 4.46. The molecule has 22 heavy (non-hydrogen) atoms. The molecule has 0 radical (unpaired) electrons. The van der Waals surface area contributed by atoms with E-state index < -0.39 is 0 Å². The molecule has 1 aromatic carbocycles. The van der Waals surface area contributed by atoms with E-state index in [1.54, 1.807) is 34.6 Å². The number of hydrogen-bond donors (Lipinski definition) is 1. The van der Waals surface area contributed by atoms with Gasteiger partial charge in [-0.1, -0.05) is 36.4 Å². The zero-order valence-electron chi connectivity index (χ0n) is 11.8. The van der Waals surface area contributed by atoms with Crippen LogP contribution in [0.4, 0.5) is 5.82 Å². The first-order chi connectivity index (χ1) is 10.8. The fourth-order valence-electron chi connectivity index (χ4n) is 2.06. The topological polar surface area (TPSA) is 49.0 Å². The fourth-order valence-corrected chi connectivity index (χ4v) is 2.75. The number of benzene rings is 1. The predicted molar refractivity (Wildman–Crippen MR) is 89.6 cm³/mol. The molecule has 0 aliphatic carbocycles. The standard InChI is InChI=1S/C17H15N3OS/c21-17(9-8-14-5-2-1-3-6-14)20(16-10-11-18-19-16)13-15-7-4-12-22-15/h1-12H,13H2,(H,18,19)/b9-8+. The van der Waals surface area contributed by atoms with Gasteiger partial charge in [-0.25, -0.2) is 0 Å².